The van der Waals surface area contributed by atoms with Gasteiger partial charge in [-0.1, -0.05) is 23.7 Å². The molecule has 3 heterocycles. The van der Waals surface area contributed by atoms with Gasteiger partial charge in [0, 0.05) is 49.9 Å². The van der Waals surface area contributed by atoms with Gasteiger partial charge >= 0.3 is 0 Å². The maximum Gasteiger partial charge on any atom is 0.242 e. The van der Waals surface area contributed by atoms with Crippen LogP contribution in [0.2, 0.25) is 5.02 Å². The van der Waals surface area contributed by atoms with E-state index in [2.05, 4.69) is 4.98 Å². The van der Waals surface area contributed by atoms with E-state index in [1.165, 1.54) is 0 Å². The van der Waals surface area contributed by atoms with E-state index in [1.54, 1.807) is 16.7 Å². The minimum absolute atomic E-state index is 0.00971. The van der Waals surface area contributed by atoms with Crippen molar-refractivity contribution in [1.82, 2.24) is 19.8 Å². The number of carbonyl (C=O) groups is 2. The van der Waals surface area contributed by atoms with Crippen LogP contribution in [0.15, 0.2) is 30.5 Å². The summed E-state index contributed by atoms with van der Waals surface area (Å²) in [6, 6.07) is 7.68. The largest absolute Gasteiger partial charge is 0.347 e. The van der Waals surface area contributed by atoms with Crippen molar-refractivity contribution < 1.29 is 9.59 Å². The Balaban J connectivity index is 1.59. The van der Waals surface area contributed by atoms with Crippen LogP contribution in [0.5, 0.6) is 0 Å². The van der Waals surface area contributed by atoms with Gasteiger partial charge in [-0.15, -0.1) is 11.8 Å². The van der Waals surface area contributed by atoms with E-state index < -0.39 is 0 Å². The molecule has 1 aromatic carbocycles. The molecule has 1 atom stereocenters. The average Bonchev–Trinajstić information content (AvgIpc) is 3.18. The standard InChI is InChI=1S/C22H26ClN5O2S/c1-26(2)22-24-10-18(15-5-7-17(23)8-6-15)21(25-22)16-4-3-9-27(11-16)19(29)12-28-14-31-13-20(28)30/h5-8,10,16H,3-4,9,11-14H2,1-2H3/t16-/m0/s1. The third-order valence-corrected chi connectivity index (χ3v) is 6.87. The zero-order valence-corrected chi connectivity index (χ0v) is 19.3. The highest BCUT2D eigenvalue weighted by molar-refractivity contribution is 8.00. The normalized spacial score (nSPS) is 19.1. The highest BCUT2D eigenvalue weighted by Gasteiger charge is 2.31. The number of benzene rings is 1. The first-order valence-corrected chi connectivity index (χ1v) is 11.9. The number of amides is 2. The quantitative estimate of drug-likeness (QED) is 0.684. The third kappa shape index (κ3) is 4.96. The summed E-state index contributed by atoms with van der Waals surface area (Å²) >= 11 is 7.63. The molecule has 0 radical (unpaired) electrons. The van der Waals surface area contributed by atoms with Gasteiger partial charge in [0.05, 0.1) is 17.3 Å². The van der Waals surface area contributed by atoms with Gasteiger partial charge in [0.15, 0.2) is 0 Å². The summed E-state index contributed by atoms with van der Waals surface area (Å²) < 4.78 is 0. The fourth-order valence-corrected chi connectivity index (χ4v) is 5.02. The smallest absolute Gasteiger partial charge is 0.242 e. The highest BCUT2D eigenvalue weighted by Crippen LogP contribution is 2.34. The SMILES string of the molecule is CN(C)c1ncc(-c2ccc(Cl)cc2)c([C@H]2CCCN(C(=O)CN3CSCC3=O)C2)n1. The number of carbonyl (C=O) groups excluding carboxylic acids is 2. The average molecular weight is 460 g/mol. The lowest BCUT2D eigenvalue weighted by Gasteiger charge is -2.34. The molecule has 164 valence electrons. The van der Waals surface area contributed by atoms with E-state index >= 15 is 0 Å². The molecule has 2 aliphatic rings. The Morgan fingerprint density at radius 3 is 2.74 bits per heavy atom. The number of thioether (sulfide) groups is 1. The zero-order valence-electron chi connectivity index (χ0n) is 17.8. The summed E-state index contributed by atoms with van der Waals surface area (Å²) in [5.74, 6) is 1.87. The molecule has 2 amide bonds. The molecule has 4 rings (SSSR count). The van der Waals surface area contributed by atoms with Gasteiger partial charge in [-0.2, -0.15) is 0 Å². The number of nitrogens with zero attached hydrogens (tertiary/aromatic N) is 5. The molecule has 0 bridgehead atoms. The minimum atomic E-state index is 0.00971. The number of piperidine rings is 1. The topological polar surface area (TPSA) is 69.6 Å². The molecule has 2 aliphatic heterocycles. The number of anilines is 1. The molecular weight excluding hydrogens is 434 g/mol. The van der Waals surface area contributed by atoms with Crippen LogP contribution in [0.25, 0.3) is 11.1 Å². The second-order valence-corrected chi connectivity index (χ2v) is 9.51. The number of hydrogen-bond donors (Lipinski definition) is 0. The van der Waals surface area contributed by atoms with Crippen LogP contribution in [0.1, 0.15) is 24.5 Å². The van der Waals surface area contributed by atoms with Gasteiger partial charge in [-0.25, -0.2) is 9.97 Å². The molecule has 1 aromatic heterocycles. The fraction of sp³-hybridized carbons (Fsp3) is 0.455. The Labute approximate surface area is 191 Å². The van der Waals surface area contributed by atoms with Crippen molar-refractivity contribution in [2.24, 2.45) is 0 Å². The monoisotopic (exact) mass is 459 g/mol. The molecular formula is C22H26ClN5O2S. The molecule has 7 nitrogen and oxygen atoms in total. The first-order chi connectivity index (χ1) is 14.9. The number of hydrogen-bond acceptors (Lipinski definition) is 6. The third-order valence-electron chi connectivity index (χ3n) is 5.67. The predicted octanol–water partition coefficient (Wildman–Crippen LogP) is 3.10. The van der Waals surface area contributed by atoms with Gasteiger partial charge in [-0.3, -0.25) is 9.59 Å². The van der Waals surface area contributed by atoms with Crippen LogP contribution in [0.4, 0.5) is 5.95 Å². The Morgan fingerprint density at radius 2 is 2.06 bits per heavy atom. The second-order valence-electron chi connectivity index (χ2n) is 8.12. The highest BCUT2D eigenvalue weighted by atomic mass is 35.5. The lowest BCUT2D eigenvalue weighted by molar-refractivity contribution is -0.138. The number of rotatable bonds is 5. The van der Waals surface area contributed by atoms with Crippen LogP contribution < -0.4 is 4.90 Å². The fourth-order valence-electron chi connectivity index (χ4n) is 3.99. The summed E-state index contributed by atoms with van der Waals surface area (Å²) in [5, 5.41) is 0.681. The Kier molecular flexibility index (Phi) is 6.67. The van der Waals surface area contributed by atoms with Crippen molar-refractivity contribution in [3.8, 4) is 11.1 Å². The number of likely N-dealkylation sites (tertiary alicyclic amines) is 1. The summed E-state index contributed by atoms with van der Waals surface area (Å²) in [5.41, 5.74) is 2.92. The molecule has 31 heavy (non-hydrogen) atoms. The van der Waals surface area contributed by atoms with Crippen molar-refractivity contribution >= 4 is 41.1 Å². The van der Waals surface area contributed by atoms with Crippen LogP contribution in [0, 0.1) is 0 Å². The van der Waals surface area contributed by atoms with E-state index in [1.807, 2.05) is 54.4 Å². The molecule has 9 heteroatoms. The summed E-state index contributed by atoms with van der Waals surface area (Å²) in [6.45, 7) is 1.47. The number of halogens is 1. The van der Waals surface area contributed by atoms with Gasteiger partial charge in [-0.05, 0) is 30.5 Å². The van der Waals surface area contributed by atoms with E-state index in [0.717, 1.165) is 29.7 Å². The molecule has 0 N–H and O–H groups in total. The van der Waals surface area contributed by atoms with Crippen molar-refractivity contribution in [2.75, 3.05) is 50.3 Å². The van der Waals surface area contributed by atoms with Gasteiger partial charge in [0.25, 0.3) is 0 Å². The van der Waals surface area contributed by atoms with Gasteiger partial charge < -0.3 is 14.7 Å². The zero-order chi connectivity index (χ0) is 22.0. The van der Waals surface area contributed by atoms with Crippen LogP contribution in [-0.2, 0) is 9.59 Å². The summed E-state index contributed by atoms with van der Waals surface area (Å²) in [7, 11) is 3.84. The van der Waals surface area contributed by atoms with Gasteiger partial charge in [0.2, 0.25) is 17.8 Å². The lowest BCUT2D eigenvalue weighted by Crippen LogP contribution is -2.45. The second kappa shape index (κ2) is 9.44. The van der Waals surface area contributed by atoms with Crippen molar-refractivity contribution in [1.29, 1.82) is 0 Å². The van der Waals surface area contributed by atoms with Gasteiger partial charge in [0.1, 0.15) is 6.54 Å². The summed E-state index contributed by atoms with van der Waals surface area (Å²) in [6.07, 6.45) is 3.72. The molecule has 0 saturated carbocycles. The first kappa shape index (κ1) is 21.9. The first-order valence-electron chi connectivity index (χ1n) is 10.4. The summed E-state index contributed by atoms with van der Waals surface area (Å²) in [4.78, 5) is 39.6. The molecule has 0 aliphatic carbocycles. The molecule has 2 fully saturated rings. The van der Waals surface area contributed by atoms with E-state index in [-0.39, 0.29) is 24.3 Å². The molecule has 0 spiro atoms. The van der Waals surface area contributed by atoms with E-state index in [0.29, 0.717) is 35.7 Å². The molecule has 2 saturated heterocycles. The van der Waals surface area contributed by atoms with Crippen LogP contribution in [0.3, 0.4) is 0 Å². The van der Waals surface area contributed by atoms with E-state index in [4.69, 9.17) is 16.6 Å². The van der Waals surface area contributed by atoms with Crippen LogP contribution in [-0.4, -0.2) is 76.9 Å². The number of aromatic nitrogens is 2. The Morgan fingerprint density at radius 1 is 1.29 bits per heavy atom. The Bertz CT molecular complexity index is 969. The Hall–Kier alpha value is -2.32. The van der Waals surface area contributed by atoms with E-state index in [9.17, 15) is 9.59 Å². The lowest BCUT2D eigenvalue weighted by atomic mass is 9.90. The van der Waals surface area contributed by atoms with Crippen molar-refractivity contribution in [3.05, 3.63) is 41.2 Å². The maximum absolute atomic E-state index is 12.9. The maximum atomic E-state index is 12.9. The molecule has 2 aromatic rings. The van der Waals surface area contributed by atoms with Crippen LogP contribution >= 0.6 is 23.4 Å². The molecule has 0 unspecified atom stereocenters. The van der Waals surface area contributed by atoms with Crippen molar-refractivity contribution in [3.63, 3.8) is 0 Å². The van der Waals surface area contributed by atoms with Crippen molar-refractivity contribution in [2.45, 2.75) is 18.8 Å². The minimum Gasteiger partial charge on any atom is -0.347 e. The predicted molar refractivity (Wildman–Crippen MR) is 124 cm³/mol.